The summed E-state index contributed by atoms with van der Waals surface area (Å²) in [5, 5.41) is 5.63. The molecule has 52 heavy (non-hydrogen) atoms. The first kappa shape index (κ1) is 28.6. The molecule has 0 atom stereocenters. The molecule has 0 saturated heterocycles. The van der Waals surface area contributed by atoms with Crippen LogP contribution in [0.5, 0.6) is 0 Å². The molecule has 0 radical (unpaired) electrons. The first-order valence-electron chi connectivity index (χ1n) is 17.4. The molecule has 0 bridgehead atoms. The van der Waals surface area contributed by atoms with Crippen molar-refractivity contribution >= 4 is 60.2 Å². The van der Waals surface area contributed by atoms with E-state index in [9.17, 15) is 0 Å². The van der Waals surface area contributed by atoms with Gasteiger partial charge in [-0.25, -0.2) is 19.9 Å². The molecule has 6 nitrogen and oxygen atoms in total. The number of para-hydroxylation sites is 3. The third kappa shape index (κ3) is 4.31. The normalized spacial score (nSPS) is 11.8. The summed E-state index contributed by atoms with van der Waals surface area (Å²) in [4.78, 5) is 20.9. The minimum Gasteiger partial charge on any atom is -0.279 e. The Hall–Kier alpha value is -7.18. The number of fused-ring (bicyclic) bond motifs is 10. The summed E-state index contributed by atoms with van der Waals surface area (Å²) < 4.78 is 4.50. The lowest BCUT2D eigenvalue weighted by Gasteiger charge is -2.13. The lowest BCUT2D eigenvalue weighted by molar-refractivity contribution is 0.980. The Morgan fingerprint density at radius 1 is 0.385 bits per heavy atom. The van der Waals surface area contributed by atoms with Gasteiger partial charge in [0.05, 0.1) is 39.0 Å². The number of aromatic nitrogens is 6. The van der Waals surface area contributed by atoms with Crippen molar-refractivity contribution in [3.8, 4) is 39.9 Å². The molecule has 0 aliphatic rings. The highest BCUT2D eigenvalue weighted by atomic mass is 15.2. The molecule has 0 spiro atoms. The van der Waals surface area contributed by atoms with Gasteiger partial charge >= 0.3 is 0 Å². The van der Waals surface area contributed by atoms with Gasteiger partial charge in [-0.3, -0.25) is 8.97 Å². The summed E-state index contributed by atoms with van der Waals surface area (Å²) in [6.07, 6.45) is 0. The summed E-state index contributed by atoms with van der Waals surface area (Å²) in [6.45, 7) is 0. The van der Waals surface area contributed by atoms with E-state index in [1.807, 2.05) is 48.5 Å². The third-order valence-electron chi connectivity index (χ3n) is 10.1. The van der Waals surface area contributed by atoms with Crippen LogP contribution >= 0.6 is 0 Å². The topological polar surface area (TPSA) is 60.9 Å². The molecule has 0 aliphatic carbocycles. The SMILES string of the molecule is c1ccc(-c2cc(-c3ccccc3)nc(-c3ccc4c(c3)c3c5ccccc5ccc3n4-c3nc4ccccc4c4nc5ccccc5n34)n2)cc1. The predicted octanol–water partition coefficient (Wildman–Crippen LogP) is 11.1. The molecule has 11 aromatic rings. The van der Waals surface area contributed by atoms with Crippen LogP contribution in [0, 0.1) is 0 Å². The number of nitrogens with zero attached hydrogens (tertiary/aromatic N) is 6. The van der Waals surface area contributed by atoms with Crippen LogP contribution in [-0.4, -0.2) is 28.9 Å². The average molecular weight is 665 g/mol. The van der Waals surface area contributed by atoms with E-state index in [-0.39, 0.29) is 0 Å². The van der Waals surface area contributed by atoms with Gasteiger partial charge in [-0.15, -0.1) is 0 Å². The van der Waals surface area contributed by atoms with E-state index in [0.717, 1.165) is 83.4 Å². The van der Waals surface area contributed by atoms with E-state index in [2.05, 4.69) is 130 Å². The van der Waals surface area contributed by atoms with Gasteiger partial charge in [0.25, 0.3) is 0 Å². The van der Waals surface area contributed by atoms with Gasteiger partial charge in [0.1, 0.15) is 5.65 Å². The van der Waals surface area contributed by atoms with Crippen molar-refractivity contribution in [2.75, 3.05) is 0 Å². The number of benzene rings is 7. The Balaban J connectivity index is 1.24. The Kier molecular flexibility index (Phi) is 6.15. The van der Waals surface area contributed by atoms with Gasteiger partial charge in [0, 0.05) is 32.8 Å². The van der Waals surface area contributed by atoms with Crippen LogP contribution in [0.2, 0.25) is 0 Å². The van der Waals surface area contributed by atoms with E-state index in [0.29, 0.717) is 5.82 Å². The fourth-order valence-electron chi connectivity index (χ4n) is 7.71. The molecule has 0 N–H and O–H groups in total. The number of hydrogen-bond donors (Lipinski definition) is 0. The highest BCUT2D eigenvalue weighted by Crippen LogP contribution is 2.40. The van der Waals surface area contributed by atoms with Gasteiger partial charge in [-0.1, -0.05) is 115 Å². The van der Waals surface area contributed by atoms with E-state index in [1.54, 1.807) is 0 Å². The summed E-state index contributed by atoms with van der Waals surface area (Å²) in [6, 6.07) is 58.9. The number of rotatable bonds is 4. The largest absolute Gasteiger partial charge is 0.279 e. The standard InChI is InChI=1S/C46H28N6/c1-3-14-30(15-4-1)38-28-39(31-16-5-2-6-17-31)48-44(47-38)32-24-25-40-35(27-32)43-33-18-8-7-13-29(33)23-26-42(43)51(40)46-50-36-20-10-9-19-34(36)45-49-37-21-11-12-22-41(37)52(45)46/h1-28H. The van der Waals surface area contributed by atoms with Crippen LogP contribution in [0.15, 0.2) is 170 Å². The minimum absolute atomic E-state index is 0.676. The van der Waals surface area contributed by atoms with Crippen LogP contribution in [0.3, 0.4) is 0 Å². The summed E-state index contributed by atoms with van der Waals surface area (Å²) in [7, 11) is 0. The van der Waals surface area contributed by atoms with Gasteiger partial charge in [0.2, 0.25) is 5.95 Å². The van der Waals surface area contributed by atoms with Crippen LogP contribution in [-0.2, 0) is 0 Å². The number of imidazole rings is 1. The maximum absolute atomic E-state index is 5.38. The van der Waals surface area contributed by atoms with E-state index in [1.165, 1.54) is 10.8 Å². The zero-order valence-corrected chi connectivity index (χ0v) is 27.8. The quantitative estimate of drug-likeness (QED) is 0.188. The van der Waals surface area contributed by atoms with Crippen LogP contribution < -0.4 is 0 Å². The Morgan fingerprint density at radius 3 is 1.79 bits per heavy atom. The third-order valence-corrected chi connectivity index (χ3v) is 10.1. The van der Waals surface area contributed by atoms with Crippen LogP contribution in [0.25, 0.3) is 100 Å². The molecular weight excluding hydrogens is 637 g/mol. The highest BCUT2D eigenvalue weighted by Gasteiger charge is 2.22. The summed E-state index contributed by atoms with van der Waals surface area (Å²) in [5.41, 5.74) is 10.6. The van der Waals surface area contributed by atoms with Gasteiger partial charge in [0.15, 0.2) is 5.82 Å². The molecule has 0 saturated carbocycles. The second-order valence-electron chi connectivity index (χ2n) is 13.1. The van der Waals surface area contributed by atoms with Crippen molar-refractivity contribution in [3.05, 3.63) is 170 Å². The molecule has 11 rings (SSSR count). The van der Waals surface area contributed by atoms with E-state index >= 15 is 0 Å². The second-order valence-corrected chi connectivity index (χ2v) is 13.1. The van der Waals surface area contributed by atoms with Crippen molar-refractivity contribution in [1.82, 2.24) is 28.9 Å². The summed E-state index contributed by atoms with van der Waals surface area (Å²) >= 11 is 0. The monoisotopic (exact) mass is 664 g/mol. The molecular formula is C46H28N6. The Morgan fingerprint density at radius 2 is 1.02 bits per heavy atom. The summed E-state index contributed by atoms with van der Waals surface area (Å²) in [5.74, 6) is 1.47. The average Bonchev–Trinajstić information content (AvgIpc) is 3.78. The predicted molar refractivity (Wildman–Crippen MR) is 212 cm³/mol. The maximum Gasteiger partial charge on any atom is 0.221 e. The van der Waals surface area contributed by atoms with Crippen molar-refractivity contribution in [1.29, 1.82) is 0 Å². The first-order chi connectivity index (χ1) is 25.8. The van der Waals surface area contributed by atoms with Gasteiger partial charge in [-0.2, -0.15) is 0 Å². The van der Waals surface area contributed by atoms with Crippen molar-refractivity contribution in [2.45, 2.75) is 0 Å². The molecule has 6 heteroatoms. The molecule has 7 aromatic carbocycles. The second kappa shape index (κ2) is 11.2. The maximum atomic E-state index is 5.38. The molecule has 242 valence electrons. The van der Waals surface area contributed by atoms with Crippen molar-refractivity contribution in [3.63, 3.8) is 0 Å². The van der Waals surface area contributed by atoms with Gasteiger partial charge < -0.3 is 0 Å². The minimum atomic E-state index is 0.676. The zero-order valence-electron chi connectivity index (χ0n) is 27.8. The molecule has 4 aromatic heterocycles. The zero-order chi connectivity index (χ0) is 34.2. The fraction of sp³-hybridized carbons (Fsp3) is 0. The lowest BCUT2D eigenvalue weighted by atomic mass is 10.0. The van der Waals surface area contributed by atoms with Crippen molar-refractivity contribution < 1.29 is 0 Å². The van der Waals surface area contributed by atoms with Crippen LogP contribution in [0.4, 0.5) is 0 Å². The molecule has 0 aliphatic heterocycles. The molecule has 0 fully saturated rings. The van der Waals surface area contributed by atoms with E-state index < -0.39 is 0 Å². The Bertz CT molecular complexity index is 3120. The molecule has 0 amide bonds. The molecule has 4 heterocycles. The van der Waals surface area contributed by atoms with Crippen LogP contribution in [0.1, 0.15) is 0 Å². The fourth-order valence-corrected chi connectivity index (χ4v) is 7.71. The highest BCUT2D eigenvalue weighted by molar-refractivity contribution is 6.22. The smallest absolute Gasteiger partial charge is 0.221 e. The van der Waals surface area contributed by atoms with Gasteiger partial charge in [-0.05, 0) is 65.4 Å². The molecule has 0 unspecified atom stereocenters. The lowest BCUT2D eigenvalue weighted by Crippen LogP contribution is -2.06. The first-order valence-corrected chi connectivity index (χ1v) is 17.4. The Labute approximate surface area is 297 Å². The van der Waals surface area contributed by atoms with Crippen molar-refractivity contribution in [2.24, 2.45) is 0 Å². The van der Waals surface area contributed by atoms with E-state index in [4.69, 9.17) is 19.9 Å². The number of hydrogen-bond acceptors (Lipinski definition) is 4.